The van der Waals surface area contributed by atoms with Gasteiger partial charge in [0.1, 0.15) is 11.9 Å². The second-order valence-electron chi connectivity index (χ2n) is 4.40. The molecule has 2 rings (SSSR count). The SMILES string of the molecule is O=C(O)C(O)C(O)c1ccc(-c2ccc(O)cc2)cc1. The summed E-state index contributed by atoms with van der Waals surface area (Å²) >= 11 is 0. The number of phenolic OH excluding ortho intramolecular Hbond substituents is 1. The molecule has 2 atom stereocenters. The molecule has 0 saturated carbocycles. The fraction of sp³-hybridized carbons (Fsp3) is 0.133. The topological polar surface area (TPSA) is 98.0 Å². The molecule has 5 heteroatoms. The van der Waals surface area contributed by atoms with E-state index < -0.39 is 18.2 Å². The van der Waals surface area contributed by atoms with Gasteiger partial charge in [-0.1, -0.05) is 36.4 Å². The normalized spacial score (nSPS) is 13.7. The minimum absolute atomic E-state index is 0.172. The van der Waals surface area contributed by atoms with Crippen LogP contribution in [0.2, 0.25) is 0 Å². The minimum Gasteiger partial charge on any atom is -0.508 e. The van der Waals surface area contributed by atoms with Crippen LogP contribution in [0.25, 0.3) is 11.1 Å². The molecule has 5 nitrogen and oxygen atoms in total. The number of hydrogen-bond acceptors (Lipinski definition) is 4. The lowest BCUT2D eigenvalue weighted by molar-refractivity contribution is -0.153. The van der Waals surface area contributed by atoms with Crippen molar-refractivity contribution >= 4 is 5.97 Å². The molecule has 0 bridgehead atoms. The molecule has 2 aromatic carbocycles. The smallest absolute Gasteiger partial charge is 0.335 e. The number of phenols is 1. The second kappa shape index (κ2) is 5.73. The predicted octanol–water partition coefficient (Wildman–Crippen LogP) is 1.54. The zero-order valence-electron chi connectivity index (χ0n) is 10.5. The first-order chi connectivity index (χ1) is 9.49. The number of carboxylic acid groups (broad SMARTS) is 1. The molecule has 0 amide bonds. The average Bonchev–Trinajstić information content (AvgIpc) is 2.46. The number of aromatic hydroxyl groups is 1. The van der Waals surface area contributed by atoms with Crippen LogP contribution in [-0.4, -0.2) is 32.5 Å². The fourth-order valence-electron chi connectivity index (χ4n) is 1.84. The Kier molecular flexibility index (Phi) is 4.02. The zero-order valence-corrected chi connectivity index (χ0v) is 10.5. The molecule has 0 radical (unpaired) electrons. The van der Waals surface area contributed by atoms with E-state index in [9.17, 15) is 20.1 Å². The van der Waals surface area contributed by atoms with Gasteiger partial charge in [0.25, 0.3) is 0 Å². The van der Waals surface area contributed by atoms with E-state index in [1.54, 1.807) is 48.5 Å². The summed E-state index contributed by atoms with van der Waals surface area (Å²) in [5, 5.41) is 36.8. The van der Waals surface area contributed by atoms with Crippen molar-refractivity contribution in [2.24, 2.45) is 0 Å². The van der Waals surface area contributed by atoms with Crippen molar-refractivity contribution < 1.29 is 25.2 Å². The first-order valence-corrected chi connectivity index (χ1v) is 5.97. The number of carboxylic acids is 1. The lowest BCUT2D eigenvalue weighted by Crippen LogP contribution is -2.27. The van der Waals surface area contributed by atoms with Crippen LogP contribution in [0.5, 0.6) is 5.75 Å². The lowest BCUT2D eigenvalue weighted by atomic mass is 9.99. The number of aliphatic hydroxyl groups is 2. The number of benzene rings is 2. The average molecular weight is 274 g/mol. The van der Waals surface area contributed by atoms with E-state index in [-0.39, 0.29) is 5.75 Å². The molecule has 0 aliphatic rings. The van der Waals surface area contributed by atoms with Crippen LogP contribution in [0, 0.1) is 0 Å². The van der Waals surface area contributed by atoms with Gasteiger partial charge in [0.15, 0.2) is 6.10 Å². The Morgan fingerprint density at radius 2 is 1.30 bits per heavy atom. The van der Waals surface area contributed by atoms with Gasteiger partial charge in [-0.15, -0.1) is 0 Å². The zero-order chi connectivity index (χ0) is 14.7. The Hall–Kier alpha value is -2.37. The Labute approximate surface area is 115 Å². The number of carbonyl (C=O) groups is 1. The van der Waals surface area contributed by atoms with Crippen molar-refractivity contribution in [3.8, 4) is 16.9 Å². The summed E-state index contributed by atoms with van der Waals surface area (Å²) in [6.45, 7) is 0. The summed E-state index contributed by atoms with van der Waals surface area (Å²) in [4.78, 5) is 10.6. The van der Waals surface area contributed by atoms with Gasteiger partial charge in [0.2, 0.25) is 0 Å². The molecule has 4 N–H and O–H groups in total. The third-order valence-electron chi connectivity index (χ3n) is 3.00. The first kappa shape index (κ1) is 14.0. The Morgan fingerprint density at radius 3 is 1.75 bits per heavy atom. The highest BCUT2D eigenvalue weighted by Crippen LogP contribution is 2.24. The molecule has 104 valence electrons. The van der Waals surface area contributed by atoms with E-state index >= 15 is 0 Å². The molecular weight excluding hydrogens is 260 g/mol. The highest BCUT2D eigenvalue weighted by atomic mass is 16.4. The standard InChI is InChI=1S/C15H14O5/c16-12-7-5-10(6-8-12)9-1-3-11(4-2-9)13(17)14(18)15(19)20/h1-8,13-14,16-18H,(H,19,20). The van der Waals surface area contributed by atoms with Gasteiger partial charge in [-0.05, 0) is 28.8 Å². The number of aliphatic carboxylic acids is 1. The van der Waals surface area contributed by atoms with Gasteiger partial charge >= 0.3 is 5.97 Å². The van der Waals surface area contributed by atoms with E-state index in [0.29, 0.717) is 5.56 Å². The molecule has 2 unspecified atom stereocenters. The molecule has 0 aliphatic heterocycles. The summed E-state index contributed by atoms with van der Waals surface area (Å²) in [5.74, 6) is -1.30. The van der Waals surface area contributed by atoms with E-state index in [1.807, 2.05) is 0 Å². The first-order valence-electron chi connectivity index (χ1n) is 5.97. The fourth-order valence-corrected chi connectivity index (χ4v) is 1.84. The van der Waals surface area contributed by atoms with Gasteiger partial charge in [0.05, 0.1) is 0 Å². The van der Waals surface area contributed by atoms with Crippen molar-refractivity contribution in [3.05, 3.63) is 54.1 Å². The number of hydrogen-bond donors (Lipinski definition) is 4. The number of aliphatic hydroxyl groups excluding tert-OH is 2. The summed E-state index contributed by atoms with van der Waals surface area (Å²) in [7, 11) is 0. The van der Waals surface area contributed by atoms with Crippen molar-refractivity contribution in [3.63, 3.8) is 0 Å². The van der Waals surface area contributed by atoms with E-state index in [2.05, 4.69) is 0 Å². The van der Waals surface area contributed by atoms with Gasteiger partial charge in [-0.3, -0.25) is 0 Å². The van der Waals surface area contributed by atoms with Crippen LogP contribution in [0.4, 0.5) is 0 Å². The van der Waals surface area contributed by atoms with Crippen molar-refractivity contribution in [1.82, 2.24) is 0 Å². The van der Waals surface area contributed by atoms with Gasteiger partial charge in [-0.25, -0.2) is 4.79 Å². The van der Waals surface area contributed by atoms with Crippen LogP contribution >= 0.6 is 0 Å². The van der Waals surface area contributed by atoms with Gasteiger partial charge in [0, 0.05) is 0 Å². The monoisotopic (exact) mass is 274 g/mol. The van der Waals surface area contributed by atoms with Gasteiger partial charge < -0.3 is 20.4 Å². The van der Waals surface area contributed by atoms with Crippen molar-refractivity contribution in [1.29, 1.82) is 0 Å². The molecule has 0 aromatic heterocycles. The molecule has 2 aromatic rings. The highest BCUT2D eigenvalue weighted by molar-refractivity contribution is 5.73. The molecule has 0 fully saturated rings. The maximum Gasteiger partial charge on any atom is 0.335 e. The molecular formula is C15H14O5. The minimum atomic E-state index is -1.85. The van der Waals surface area contributed by atoms with Crippen LogP contribution in [0.15, 0.2) is 48.5 Å². The summed E-state index contributed by atoms with van der Waals surface area (Å²) in [5.41, 5.74) is 2.05. The Morgan fingerprint density at radius 1 is 0.850 bits per heavy atom. The number of rotatable bonds is 4. The van der Waals surface area contributed by atoms with Crippen molar-refractivity contribution in [2.75, 3.05) is 0 Å². The molecule has 0 heterocycles. The lowest BCUT2D eigenvalue weighted by Gasteiger charge is -2.14. The van der Waals surface area contributed by atoms with Crippen LogP contribution < -0.4 is 0 Å². The molecule has 0 spiro atoms. The Balaban J connectivity index is 2.22. The summed E-state index contributed by atoms with van der Waals surface area (Å²) in [6, 6.07) is 13.1. The quantitative estimate of drug-likeness (QED) is 0.678. The van der Waals surface area contributed by atoms with Gasteiger partial charge in [-0.2, -0.15) is 0 Å². The summed E-state index contributed by atoms with van der Waals surface area (Å²) < 4.78 is 0. The van der Waals surface area contributed by atoms with E-state index in [0.717, 1.165) is 11.1 Å². The Bertz CT molecular complexity index is 589. The van der Waals surface area contributed by atoms with Crippen LogP contribution in [-0.2, 0) is 4.79 Å². The molecule has 0 saturated heterocycles. The van der Waals surface area contributed by atoms with Crippen LogP contribution in [0.3, 0.4) is 0 Å². The van der Waals surface area contributed by atoms with Crippen LogP contribution in [0.1, 0.15) is 11.7 Å². The van der Waals surface area contributed by atoms with E-state index in [4.69, 9.17) is 5.11 Å². The van der Waals surface area contributed by atoms with E-state index in [1.165, 1.54) is 0 Å². The maximum atomic E-state index is 10.6. The predicted molar refractivity (Wildman–Crippen MR) is 72.1 cm³/mol. The third kappa shape index (κ3) is 2.96. The van der Waals surface area contributed by atoms with Crippen molar-refractivity contribution in [2.45, 2.75) is 12.2 Å². The summed E-state index contributed by atoms with van der Waals surface area (Å²) in [6.07, 6.45) is -3.32. The third-order valence-corrected chi connectivity index (χ3v) is 3.00. The highest BCUT2D eigenvalue weighted by Gasteiger charge is 2.24. The largest absolute Gasteiger partial charge is 0.508 e. The molecule has 0 aliphatic carbocycles. The maximum absolute atomic E-state index is 10.6. The second-order valence-corrected chi connectivity index (χ2v) is 4.40. The molecule has 20 heavy (non-hydrogen) atoms.